The number of ether oxygens (including phenoxy) is 2. The van der Waals surface area contributed by atoms with Gasteiger partial charge in [0.05, 0.1) is 20.4 Å². The van der Waals surface area contributed by atoms with Crippen molar-refractivity contribution in [2.75, 3.05) is 38.0 Å². The second-order valence-electron chi connectivity index (χ2n) is 5.86. The lowest BCUT2D eigenvalue weighted by molar-refractivity contribution is 0.355. The summed E-state index contributed by atoms with van der Waals surface area (Å²) in [7, 11) is 5.15. The van der Waals surface area contributed by atoms with Gasteiger partial charge in [-0.25, -0.2) is 0 Å². The Kier molecular flexibility index (Phi) is 5.98. The first-order valence-corrected chi connectivity index (χ1v) is 8.48. The van der Waals surface area contributed by atoms with Gasteiger partial charge in [-0.2, -0.15) is 10.1 Å². The minimum atomic E-state index is 0.550. The zero-order valence-electron chi connectivity index (χ0n) is 15.6. The quantitative estimate of drug-likeness (QED) is 0.651. The van der Waals surface area contributed by atoms with Gasteiger partial charge >= 0.3 is 0 Å². The molecule has 0 fully saturated rings. The molecule has 1 aromatic carbocycles. The summed E-state index contributed by atoms with van der Waals surface area (Å²) >= 11 is 0. The van der Waals surface area contributed by atoms with E-state index in [0.29, 0.717) is 23.3 Å². The highest BCUT2D eigenvalue weighted by atomic mass is 16.5. The number of methoxy groups -OCH3 is 2. The number of hydrogen-bond donors (Lipinski definition) is 1. The molecular weight excluding hydrogens is 344 g/mol. The Morgan fingerprint density at radius 1 is 1.04 bits per heavy atom. The monoisotopic (exact) mass is 366 g/mol. The van der Waals surface area contributed by atoms with Crippen LogP contribution in [0.3, 0.4) is 0 Å². The van der Waals surface area contributed by atoms with Crippen LogP contribution in [-0.4, -0.2) is 48.0 Å². The Balaban J connectivity index is 1.68. The maximum atomic E-state index is 5.32. The highest BCUT2D eigenvalue weighted by Gasteiger charge is 2.09. The molecule has 3 rings (SSSR count). The highest BCUT2D eigenvalue weighted by molar-refractivity contribution is 5.61. The van der Waals surface area contributed by atoms with Crippen molar-refractivity contribution in [1.82, 2.24) is 20.2 Å². The number of anilines is 3. The van der Waals surface area contributed by atoms with Gasteiger partial charge in [0.1, 0.15) is 0 Å². The lowest BCUT2D eigenvalue weighted by Gasteiger charge is -2.17. The molecule has 0 unspecified atom stereocenters. The molecule has 140 valence electrons. The number of aromatic nitrogens is 4. The third kappa shape index (κ3) is 4.81. The number of nitrogens with zero attached hydrogens (tertiary/aromatic N) is 5. The molecule has 0 saturated carbocycles. The molecule has 0 amide bonds. The van der Waals surface area contributed by atoms with Gasteiger partial charge in [-0.1, -0.05) is 0 Å². The number of likely N-dealkylation sites (N-methyl/N-ethyl adjacent to an activating group) is 1. The summed E-state index contributed by atoms with van der Waals surface area (Å²) < 4.78 is 10.6. The molecule has 2 heterocycles. The van der Waals surface area contributed by atoms with Crippen molar-refractivity contribution in [3.05, 3.63) is 54.5 Å². The number of pyridine rings is 1. The van der Waals surface area contributed by atoms with Crippen molar-refractivity contribution in [3.8, 4) is 11.5 Å². The molecule has 0 aliphatic rings. The molecular formula is C19H22N6O2. The molecule has 0 aliphatic carbocycles. The first-order valence-electron chi connectivity index (χ1n) is 8.48. The van der Waals surface area contributed by atoms with Crippen LogP contribution in [-0.2, 0) is 6.42 Å². The van der Waals surface area contributed by atoms with E-state index in [-0.39, 0.29) is 0 Å². The van der Waals surface area contributed by atoms with Gasteiger partial charge in [0.25, 0.3) is 0 Å². The van der Waals surface area contributed by atoms with Crippen LogP contribution >= 0.6 is 0 Å². The Bertz CT molecular complexity index is 875. The van der Waals surface area contributed by atoms with Crippen LogP contribution in [0.5, 0.6) is 11.5 Å². The van der Waals surface area contributed by atoms with Crippen molar-refractivity contribution in [2.45, 2.75) is 6.42 Å². The SMILES string of the molecule is COc1ccc(Nc2cnnc(N(C)CCc3ccncc3)n2)cc1OC. The first-order chi connectivity index (χ1) is 13.2. The number of hydrogen-bond acceptors (Lipinski definition) is 8. The van der Waals surface area contributed by atoms with E-state index >= 15 is 0 Å². The molecule has 1 N–H and O–H groups in total. The lowest BCUT2D eigenvalue weighted by Crippen LogP contribution is -2.23. The predicted octanol–water partition coefficient (Wildman–Crippen LogP) is 2.71. The molecule has 3 aromatic rings. The lowest BCUT2D eigenvalue weighted by atomic mass is 10.2. The molecule has 0 radical (unpaired) electrons. The zero-order valence-corrected chi connectivity index (χ0v) is 15.6. The summed E-state index contributed by atoms with van der Waals surface area (Å²) in [5, 5.41) is 11.4. The fourth-order valence-electron chi connectivity index (χ4n) is 2.52. The van der Waals surface area contributed by atoms with Gasteiger partial charge in [0.2, 0.25) is 5.95 Å². The third-order valence-electron chi connectivity index (χ3n) is 4.03. The van der Waals surface area contributed by atoms with Gasteiger partial charge in [-0.15, -0.1) is 5.10 Å². The maximum absolute atomic E-state index is 5.32. The molecule has 2 aromatic heterocycles. The Labute approximate surface area is 158 Å². The van der Waals surface area contributed by atoms with E-state index in [9.17, 15) is 0 Å². The van der Waals surface area contributed by atoms with Crippen LogP contribution in [0, 0.1) is 0 Å². The predicted molar refractivity (Wildman–Crippen MR) is 104 cm³/mol. The topological polar surface area (TPSA) is 85.3 Å². The molecule has 0 aliphatic heterocycles. The van der Waals surface area contributed by atoms with Gasteiger partial charge in [0.15, 0.2) is 17.3 Å². The van der Waals surface area contributed by atoms with E-state index in [1.165, 1.54) is 5.56 Å². The van der Waals surface area contributed by atoms with Crippen LogP contribution in [0.1, 0.15) is 5.56 Å². The summed E-state index contributed by atoms with van der Waals surface area (Å²) in [5.41, 5.74) is 2.03. The van der Waals surface area contributed by atoms with Crippen LogP contribution < -0.4 is 19.7 Å². The Morgan fingerprint density at radius 2 is 1.81 bits per heavy atom. The minimum absolute atomic E-state index is 0.550. The van der Waals surface area contributed by atoms with Crippen LogP contribution in [0.2, 0.25) is 0 Å². The standard InChI is InChI=1S/C19H22N6O2/c1-25(11-8-14-6-9-20-10-7-14)19-23-18(13-21-24-19)22-15-4-5-16(26-2)17(12-15)27-3/h4-7,9-10,12-13H,8,11H2,1-3H3,(H,22,23,24). The molecule has 27 heavy (non-hydrogen) atoms. The van der Waals surface area contributed by atoms with Crippen molar-refractivity contribution in [3.63, 3.8) is 0 Å². The van der Waals surface area contributed by atoms with E-state index in [1.807, 2.05) is 42.3 Å². The van der Waals surface area contributed by atoms with E-state index in [0.717, 1.165) is 18.7 Å². The maximum Gasteiger partial charge on any atom is 0.247 e. The third-order valence-corrected chi connectivity index (χ3v) is 4.03. The zero-order chi connectivity index (χ0) is 19.1. The van der Waals surface area contributed by atoms with Crippen molar-refractivity contribution in [1.29, 1.82) is 0 Å². The Morgan fingerprint density at radius 3 is 2.56 bits per heavy atom. The van der Waals surface area contributed by atoms with Crippen LogP contribution in [0.15, 0.2) is 48.9 Å². The average Bonchev–Trinajstić information content (AvgIpc) is 2.73. The van der Waals surface area contributed by atoms with Crippen molar-refractivity contribution in [2.24, 2.45) is 0 Å². The molecule has 8 heteroatoms. The number of benzene rings is 1. The second kappa shape index (κ2) is 8.79. The fourth-order valence-corrected chi connectivity index (χ4v) is 2.52. The highest BCUT2D eigenvalue weighted by Crippen LogP contribution is 2.30. The summed E-state index contributed by atoms with van der Waals surface area (Å²) in [5.74, 6) is 2.46. The van der Waals surface area contributed by atoms with Crippen LogP contribution in [0.25, 0.3) is 0 Å². The van der Waals surface area contributed by atoms with Gasteiger partial charge in [-0.05, 0) is 36.2 Å². The second-order valence-corrected chi connectivity index (χ2v) is 5.86. The number of rotatable bonds is 8. The van der Waals surface area contributed by atoms with Crippen molar-refractivity contribution < 1.29 is 9.47 Å². The minimum Gasteiger partial charge on any atom is -0.493 e. The number of nitrogens with one attached hydrogen (secondary N) is 1. The molecule has 0 atom stereocenters. The smallest absolute Gasteiger partial charge is 0.247 e. The van der Waals surface area contributed by atoms with E-state index in [4.69, 9.17) is 9.47 Å². The fraction of sp³-hybridized carbons (Fsp3) is 0.263. The van der Waals surface area contributed by atoms with Gasteiger partial charge in [-0.3, -0.25) is 4.98 Å². The first kappa shape index (κ1) is 18.4. The summed E-state index contributed by atoms with van der Waals surface area (Å²) in [6.45, 7) is 0.769. The molecule has 8 nitrogen and oxygen atoms in total. The van der Waals surface area contributed by atoms with E-state index in [1.54, 1.807) is 32.8 Å². The average molecular weight is 366 g/mol. The summed E-state index contributed by atoms with van der Waals surface area (Å²) in [4.78, 5) is 10.5. The molecule has 0 spiro atoms. The Hall–Kier alpha value is -3.42. The van der Waals surface area contributed by atoms with E-state index < -0.39 is 0 Å². The van der Waals surface area contributed by atoms with Gasteiger partial charge < -0.3 is 19.7 Å². The molecule has 0 bridgehead atoms. The van der Waals surface area contributed by atoms with Gasteiger partial charge in [0, 0.05) is 37.7 Å². The van der Waals surface area contributed by atoms with E-state index in [2.05, 4.69) is 25.5 Å². The van der Waals surface area contributed by atoms with Crippen LogP contribution in [0.4, 0.5) is 17.5 Å². The molecule has 0 saturated heterocycles. The van der Waals surface area contributed by atoms with Crippen molar-refractivity contribution >= 4 is 17.5 Å². The summed E-state index contributed by atoms with van der Waals surface area (Å²) in [6, 6.07) is 9.56. The summed E-state index contributed by atoms with van der Waals surface area (Å²) in [6.07, 6.45) is 6.04. The normalized spacial score (nSPS) is 10.3. The largest absolute Gasteiger partial charge is 0.493 e.